The Kier molecular flexibility index (Phi) is 6.11. The van der Waals surface area contributed by atoms with Crippen molar-refractivity contribution in [2.45, 2.75) is 53.4 Å². The van der Waals surface area contributed by atoms with E-state index in [4.69, 9.17) is 10.1 Å². The predicted octanol–water partition coefficient (Wildman–Crippen LogP) is 6.10. The van der Waals surface area contributed by atoms with E-state index < -0.39 is 5.97 Å². The van der Waals surface area contributed by atoms with Gasteiger partial charge in [-0.3, -0.25) is 4.79 Å². The van der Waals surface area contributed by atoms with Crippen molar-refractivity contribution in [2.75, 3.05) is 18.0 Å². The highest BCUT2D eigenvalue weighted by Gasteiger charge is 2.24. The maximum atomic E-state index is 10.9. The zero-order chi connectivity index (χ0) is 22.3. The van der Waals surface area contributed by atoms with Crippen molar-refractivity contribution in [3.63, 3.8) is 0 Å². The van der Waals surface area contributed by atoms with Gasteiger partial charge in [-0.05, 0) is 87.8 Å². The Hall–Kier alpha value is -2.34. The van der Waals surface area contributed by atoms with E-state index in [0.717, 1.165) is 48.2 Å². The minimum atomic E-state index is -0.690. The number of benzene rings is 1. The lowest BCUT2D eigenvalue weighted by Crippen LogP contribution is -2.34. The van der Waals surface area contributed by atoms with Crippen LogP contribution in [-0.2, 0) is 4.79 Å². The van der Waals surface area contributed by atoms with Crippen LogP contribution in [0, 0.1) is 33.6 Å². The fourth-order valence-electron chi connectivity index (χ4n) is 5.00. The molecule has 1 fully saturated rings. The van der Waals surface area contributed by atoms with Crippen LogP contribution in [0.1, 0.15) is 48.1 Å². The van der Waals surface area contributed by atoms with Crippen LogP contribution in [0.5, 0.6) is 0 Å². The second-order valence-electron chi connectivity index (χ2n) is 8.91. The number of hydrogen-bond acceptors (Lipinski definition) is 3. The van der Waals surface area contributed by atoms with Gasteiger partial charge in [-0.15, -0.1) is 0 Å². The van der Waals surface area contributed by atoms with Crippen LogP contribution in [0.4, 0.5) is 5.69 Å². The van der Waals surface area contributed by atoms with Gasteiger partial charge in [-0.1, -0.05) is 15.9 Å². The van der Waals surface area contributed by atoms with Gasteiger partial charge in [-0.2, -0.15) is 0 Å². The number of aryl methyl sites for hydroxylation is 4. The summed E-state index contributed by atoms with van der Waals surface area (Å²) in [6, 6.07) is 6.52. The molecule has 0 bridgehead atoms. The number of fused-ring (bicyclic) bond motifs is 1. The molecule has 1 aromatic carbocycles. The molecule has 0 amide bonds. The Morgan fingerprint density at radius 2 is 1.74 bits per heavy atom. The van der Waals surface area contributed by atoms with Crippen molar-refractivity contribution < 1.29 is 9.90 Å². The summed E-state index contributed by atoms with van der Waals surface area (Å²) in [6.07, 6.45) is 5.35. The Bertz CT molecular complexity index is 1120. The Balaban J connectivity index is 1.72. The highest BCUT2D eigenvalue weighted by Crippen LogP contribution is 2.36. The minimum absolute atomic E-state index is 0.275. The third-order valence-corrected chi connectivity index (χ3v) is 6.93. The number of rotatable bonds is 5. The summed E-state index contributed by atoms with van der Waals surface area (Å²) in [5.41, 5.74) is 8.13. The topological polar surface area (TPSA) is 58.4 Å². The molecule has 0 atom stereocenters. The van der Waals surface area contributed by atoms with Crippen LogP contribution in [0.2, 0.25) is 0 Å². The predicted molar refractivity (Wildman–Crippen MR) is 130 cm³/mol. The lowest BCUT2D eigenvalue weighted by molar-refractivity contribution is -0.137. The molecule has 1 aliphatic rings. The van der Waals surface area contributed by atoms with Gasteiger partial charge >= 0.3 is 5.97 Å². The summed E-state index contributed by atoms with van der Waals surface area (Å²) >= 11 is 3.61. The first-order valence-corrected chi connectivity index (χ1v) is 11.8. The van der Waals surface area contributed by atoms with E-state index in [2.05, 4.69) is 77.5 Å². The van der Waals surface area contributed by atoms with E-state index in [9.17, 15) is 4.79 Å². The number of anilines is 1. The number of carboxylic acid groups (broad SMARTS) is 1. The molecule has 4 rings (SSSR count). The lowest BCUT2D eigenvalue weighted by atomic mass is 9.91. The third-order valence-electron chi connectivity index (χ3n) is 6.47. The molecular formula is C25H30BrN3O2. The molecule has 2 aromatic heterocycles. The standard InChI is InChI=1S/C25H30BrN3O2/c1-15-11-20(26)12-16(2)24(15)29-14-17(3)23-21(13-18(4)27-25(23)29)28-9-7-19(8-10-28)5-6-22(30)31/h11-14,19H,5-10H2,1-4H3,(H,30,31). The molecule has 0 unspecified atom stereocenters. The average Bonchev–Trinajstić information content (AvgIpc) is 3.01. The van der Waals surface area contributed by atoms with E-state index in [0.29, 0.717) is 5.92 Å². The van der Waals surface area contributed by atoms with E-state index >= 15 is 0 Å². The normalized spacial score (nSPS) is 15.1. The lowest BCUT2D eigenvalue weighted by Gasteiger charge is -2.34. The Morgan fingerprint density at radius 3 is 2.35 bits per heavy atom. The molecule has 1 saturated heterocycles. The van der Waals surface area contributed by atoms with Gasteiger partial charge in [-0.25, -0.2) is 4.98 Å². The zero-order valence-electron chi connectivity index (χ0n) is 18.7. The fourth-order valence-corrected chi connectivity index (χ4v) is 5.69. The van der Waals surface area contributed by atoms with Gasteiger partial charge in [0.05, 0.1) is 5.69 Å². The highest BCUT2D eigenvalue weighted by molar-refractivity contribution is 9.10. The molecule has 31 heavy (non-hydrogen) atoms. The second-order valence-corrected chi connectivity index (χ2v) is 9.83. The van der Waals surface area contributed by atoms with Crippen molar-refractivity contribution in [3.8, 4) is 5.69 Å². The molecule has 6 heteroatoms. The molecule has 3 aromatic rings. The van der Waals surface area contributed by atoms with Gasteiger partial charge < -0.3 is 14.6 Å². The quantitative estimate of drug-likeness (QED) is 0.475. The van der Waals surface area contributed by atoms with Gasteiger partial charge in [0.25, 0.3) is 0 Å². The first-order chi connectivity index (χ1) is 14.7. The summed E-state index contributed by atoms with van der Waals surface area (Å²) in [5, 5.41) is 10.2. The van der Waals surface area contributed by atoms with E-state index in [1.807, 2.05) is 0 Å². The zero-order valence-corrected chi connectivity index (χ0v) is 20.3. The number of piperidine rings is 1. The van der Waals surface area contributed by atoms with Crippen LogP contribution in [-0.4, -0.2) is 33.7 Å². The van der Waals surface area contributed by atoms with Crippen LogP contribution in [0.25, 0.3) is 16.7 Å². The summed E-state index contributed by atoms with van der Waals surface area (Å²) in [5.74, 6) is -0.186. The summed E-state index contributed by atoms with van der Waals surface area (Å²) < 4.78 is 3.34. The molecule has 0 saturated carbocycles. The maximum Gasteiger partial charge on any atom is 0.303 e. The van der Waals surface area contributed by atoms with Gasteiger partial charge in [0.2, 0.25) is 0 Å². The number of carboxylic acids is 1. The van der Waals surface area contributed by atoms with E-state index in [1.165, 1.54) is 33.5 Å². The van der Waals surface area contributed by atoms with Gasteiger partial charge in [0.1, 0.15) is 5.65 Å². The number of hydrogen-bond donors (Lipinski definition) is 1. The van der Waals surface area contributed by atoms with E-state index in [1.54, 1.807) is 0 Å². The van der Waals surface area contributed by atoms with Crippen LogP contribution >= 0.6 is 15.9 Å². The van der Waals surface area contributed by atoms with Crippen LogP contribution in [0.15, 0.2) is 28.9 Å². The molecule has 5 nitrogen and oxygen atoms in total. The molecule has 3 heterocycles. The van der Waals surface area contributed by atoms with Crippen molar-refractivity contribution >= 4 is 38.6 Å². The average molecular weight is 484 g/mol. The molecule has 0 radical (unpaired) electrons. The second kappa shape index (κ2) is 8.65. The van der Waals surface area contributed by atoms with Crippen molar-refractivity contribution in [2.24, 2.45) is 5.92 Å². The maximum absolute atomic E-state index is 10.9. The van der Waals surface area contributed by atoms with Crippen LogP contribution < -0.4 is 4.90 Å². The number of aliphatic carboxylic acids is 1. The first kappa shape index (κ1) is 21.9. The monoisotopic (exact) mass is 483 g/mol. The third kappa shape index (κ3) is 4.36. The highest BCUT2D eigenvalue weighted by atomic mass is 79.9. The van der Waals surface area contributed by atoms with Gasteiger partial charge in [0, 0.05) is 46.9 Å². The summed E-state index contributed by atoms with van der Waals surface area (Å²) in [7, 11) is 0. The molecule has 1 aliphatic heterocycles. The smallest absolute Gasteiger partial charge is 0.303 e. The van der Waals surface area contributed by atoms with Crippen molar-refractivity contribution in [3.05, 3.63) is 51.3 Å². The molecule has 1 N–H and O–H groups in total. The summed E-state index contributed by atoms with van der Waals surface area (Å²) in [6.45, 7) is 10.5. The SMILES string of the molecule is Cc1cc(N2CCC(CCC(=O)O)CC2)c2c(C)cn(-c3c(C)cc(Br)cc3C)c2n1. The van der Waals surface area contributed by atoms with Crippen molar-refractivity contribution in [1.29, 1.82) is 0 Å². The molecular weight excluding hydrogens is 454 g/mol. The number of nitrogens with zero attached hydrogens (tertiary/aromatic N) is 3. The molecule has 0 aliphatic carbocycles. The minimum Gasteiger partial charge on any atom is -0.481 e. The van der Waals surface area contributed by atoms with Crippen LogP contribution in [0.3, 0.4) is 0 Å². The Labute approximate surface area is 192 Å². The largest absolute Gasteiger partial charge is 0.481 e. The number of carbonyl (C=O) groups is 1. The Morgan fingerprint density at radius 1 is 1.10 bits per heavy atom. The number of aromatic nitrogens is 2. The summed E-state index contributed by atoms with van der Waals surface area (Å²) in [4.78, 5) is 18.3. The first-order valence-electron chi connectivity index (χ1n) is 11.0. The van der Waals surface area contributed by atoms with Gasteiger partial charge in [0.15, 0.2) is 0 Å². The molecule has 164 valence electrons. The number of halogens is 1. The molecule has 0 spiro atoms. The fraction of sp³-hybridized carbons (Fsp3) is 0.440. The number of pyridine rings is 1. The van der Waals surface area contributed by atoms with E-state index in [-0.39, 0.29) is 6.42 Å². The van der Waals surface area contributed by atoms with Crippen molar-refractivity contribution in [1.82, 2.24) is 9.55 Å².